The van der Waals surface area contributed by atoms with Crippen molar-refractivity contribution in [1.29, 1.82) is 0 Å². The van der Waals surface area contributed by atoms with Crippen molar-refractivity contribution < 1.29 is 19.1 Å². The van der Waals surface area contributed by atoms with Gasteiger partial charge < -0.3 is 24.7 Å². The van der Waals surface area contributed by atoms with Crippen LogP contribution in [0.2, 0.25) is 0 Å². The number of nitrogens with zero attached hydrogens (tertiary/aromatic N) is 2. The van der Waals surface area contributed by atoms with E-state index < -0.39 is 6.04 Å². The van der Waals surface area contributed by atoms with E-state index in [-0.39, 0.29) is 18.4 Å². The van der Waals surface area contributed by atoms with E-state index in [4.69, 9.17) is 14.5 Å². The van der Waals surface area contributed by atoms with E-state index in [1.807, 2.05) is 60.9 Å². The van der Waals surface area contributed by atoms with Crippen LogP contribution in [0.15, 0.2) is 66.7 Å². The zero-order valence-corrected chi connectivity index (χ0v) is 19.6. The number of hydrogen-bond acceptors (Lipinski definition) is 5. The minimum atomic E-state index is -0.420. The second-order valence-electron chi connectivity index (χ2n) is 8.46. The molecule has 5 rings (SSSR count). The Kier molecular flexibility index (Phi) is 6.10. The van der Waals surface area contributed by atoms with E-state index >= 15 is 0 Å². The van der Waals surface area contributed by atoms with Crippen molar-refractivity contribution in [2.75, 3.05) is 18.5 Å². The van der Waals surface area contributed by atoms with Crippen LogP contribution in [0.1, 0.15) is 34.7 Å². The van der Waals surface area contributed by atoms with Crippen molar-refractivity contribution in [3.63, 3.8) is 0 Å². The van der Waals surface area contributed by atoms with Gasteiger partial charge in [0.25, 0.3) is 5.91 Å². The van der Waals surface area contributed by atoms with Crippen LogP contribution >= 0.6 is 0 Å². The fourth-order valence-corrected chi connectivity index (χ4v) is 4.22. The number of aromatic nitrogens is 2. The molecule has 0 fully saturated rings. The molecular weight excluding hydrogens is 444 g/mol. The molecule has 1 unspecified atom stereocenters. The van der Waals surface area contributed by atoms with Gasteiger partial charge in [-0.15, -0.1) is 0 Å². The summed E-state index contributed by atoms with van der Waals surface area (Å²) in [6.07, 6.45) is 0. The summed E-state index contributed by atoms with van der Waals surface area (Å²) in [5.74, 6) is 1.47. The number of amides is 2. The number of carbonyl (C=O) groups excluding carboxylic acids is 2. The van der Waals surface area contributed by atoms with Gasteiger partial charge in [-0.25, -0.2) is 4.98 Å². The molecule has 0 spiro atoms. The average Bonchev–Trinajstić information content (AvgIpc) is 3.22. The van der Waals surface area contributed by atoms with Gasteiger partial charge in [0.15, 0.2) is 11.5 Å². The summed E-state index contributed by atoms with van der Waals surface area (Å²) in [4.78, 5) is 30.7. The number of aryl methyl sites for hydroxylation is 1. The molecule has 0 saturated heterocycles. The van der Waals surface area contributed by atoms with E-state index in [9.17, 15) is 9.59 Å². The van der Waals surface area contributed by atoms with Gasteiger partial charge >= 0.3 is 0 Å². The largest absolute Gasteiger partial charge is 0.486 e. The number of benzene rings is 3. The minimum Gasteiger partial charge on any atom is -0.486 e. The minimum absolute atomic E-state index is 0.0366. The van der Waals surface area contributed by atoms with Crippen LogP contribution in [0.4, 0.5) is 5.69 Å². The molecule has 4 aromatic rings. The molecule has 0 saturated carbocycles. The van der Waals surface area contributed by atoms with Gasteiger partial charge in [-0.2, -0.15) is 0 Å². The topological polar surface area (TPSA) is 94.5 Å². The number of anilines is 1. The van der Waals surface area contributed by atoms with Gasteiger partial charge in [-0.1, -0.05) is 30.3 Å². The third kappa shape index (κ3) is 4.68. The maximum atomic E-state index is 13.0. The summed E-state index contributed by atoms with van der Waals surface area (Å²) in [6.45, 7) is 4.78. The van der Waals surface area contributed by atoms with Gasteiger partial charge in [-0.3, -0.25) is 9.59 Å². The first-order valence-corrected chi connectivity index (χ1v) is 11.5. The summed E-state index contributed by atoms with van der Waals surface area (Å²) in [5, 5.41) is 5.95. The van der Waals surface area contributed by atoms with Gasteiger partial charge in [-0.05, 0) is 49.7 Å². The Bertz CT molecular complexity index is 1410. The molecule has 0 aliphatic carbocycles. The highest BCUT2D eigenvalue weighted by Gasteiger charge is 2.21. The maximum Gasteiger partial charge on any atom is 0.252 e. The standard InChI is InChI=1S/C27H26N4O4/c1-17-7-3-4-8-20(17)27(33)28-18(2)26-30-21-9-5-6-10-22(21)31(26)16-25(32)29-19-11-12-23-24(15-19)35-14-13-34-23/h3-12,15,18H,13-14,16H2,1-2H3,(H,28,33)(H,29,32). The van der Waals surface area contributed by atoms with Crippen LogP contribution < -0.4 is 20.1 Å². The van der Waals surface area contributed by atoms with Gasteiger partial charge in [0.1, 0.15) is 25.6 Å². The monoisotopic (exact) mass is 470 g/mol. The molecule has 0 radical (unpaired) electrons. The van der Waals surface area contributed by atoms with Crippen LogP contribution in [0.3, 0.4) is 0 Å². The van der Waals surface area contributed by atoms with Crippen molar-refractivity contribution in [2.45, 2.75) is 26.4 Å². The molecular formula is C27H26N4O4. The zero-order valence-electron chi connectivity index (χ0n) is 19.6. The maximum absolute atomic E-state index is 13.0. The Balaban J connectivity index is 1.38. The SMILES string of the molecule is Cc1ccccc1C(=O)NC(C)c1nc2ccccc2n1CC(=O)Nc1ccc2c(c1)OCCO2. The summed E-state index contributed by atoms with van der Waals surface area (Å²) in [6, 6.07) is 19.9. The molecule has 8 nitrogen and oxygen atoms in total. The molecule has 35 heavy (non-hydrogen) atoms. The molecule has 0 bridgehead atoms. The van der Waals surface area contributed by atoms with Crippen molar-refractivity contribution in [3.05, 3.63) is 83.7 Å². The lowest BCUT2D eigenvalue weighted by Gasteiger charge is -2.19. The second kappa shape index (κ2) is 9.50. The first-order valence-electron chi connectivity index (χ1n) is 11.5. The third-order valence-electron chi connectivity index (χ3n) is 5.94. The summed E-state index contributed by atoms with van der Waals surface area (Å²) >= 11 is 0. The first-order chi connectivity index (χ1) is 17.0. The molecule has 2 heterocycles. The summed E-state index contributed by atoms with van der Waals surface area (Å²) < 4.78 is 13.0. The number of para-hydroxylation sites is 2. The van der Waals surface area contributed by atoms with E-state index in [1.54, 1.807) is 24.3 Å². The van der Waals surface area contributed by atoms with Gasteiger partial charge in [0.05, 0.1) is 17.1 Å². The van der Waals surface area contributed by atoms with Crippen LogP contribution in [0, 0.1) is 6.92 Å². The molecule has 8 heteroatoms. The Morgan fingerprint density at radius 3 is 2.57 bits per heavy atom. The zero-order chi connectivity index (χ0) is 24.4. The second-order valence-corrected chi connectivity index (χ2v) is 8.46. The predicted octanol–water partition coefficient (Wildman–Crippen LogP) is 4.25. The highest BCUT2D eigenvalue weighted by atomic mass is 16.6. The Labute approximate surface area is 202 Å². The van der Waals surface area contributed by atoms with Crippen molar-refractivity contribution in [3.8, 4) is 11.5 Å². The van der Waals surface area contributed by atoms with Crippen molar-refractivity contribution in [1.82, 2.24) is 14.9 Å². The molecule has 1 aromatic heterocycles. The lowest BCUT2D eigenvalue weighted by molar-refractivity contribution is -0.116. The molecule has 1 atom stereocenters. The Hall–Kier alpha value is -4.33. The number of hydrogen-bond donors (Lipinski definition) is 2. The summed E-state index contributed by atoms with van der Waals surface area (Å²) in [5.41, 5.74) is 3.69. The first kappa shape index (κ1) is 22.5. The number of imidazole rings is 1. The normalized spacial score (nSPS) is 13.3. The molecule has 178 valence electrons. The molecule has 3 aromatic carbocycles. The van der Waals surface area contributed by atoms with Gasteiger partial charge in [0.2, 0.25) is 5.91 Å². The molecule has 1 aliphatic heterocycles. The summed E-state index contributed by atoms with van der Waals surface area (Å²) in [7, 11) is 0. The molecule has 2 amide bonds. The quantitative estimate of drug-likeness (QED) is 0.440. The molecule has 2 N–H and O–H groups in total. The fraction of sp³-hybridized carbons (Fsp3) is 0.222. The predicted molar refractivity (Wildman–Crippen MR) is 133 cm³/mol. The molecule has 1 aliphatic rings. The van der Waals surface area contributed by atoms with E-state index in [0.717, 1.165) is 16.6 Å². The highest BCUT2D eigenvalue weighted by Crippen LogP contribution is 2.32. The number of nitrogens with one attached hydrogen (secondary N) is 2. The lowest BCUT2D eigenvalue weighted by atomic mass is 10.1. The third-order valence-corrected chi connectivity index (χ3v) is 5.94. The van der Waals surface area contributed by atoms with Crippen molar-refractivity contribution >= 4 is 28.5 Å². The fourth-order valence-electron chi connectivity index (χ4n) is 4.22. The van der Waals surface area contributed by atoms with Crippen LogP contribution in [-0.2, 0) is 11.3 Å². The lowest BCUT2D eigenvalue weighted by Crippen LogP contribution is -2.30. The Morgan fingerprint density at radius 1 is 1.00 bits per heavy atom. The average molecular weight is 471 g/mol. The highest BCUT2D eigenvalue weighted by molar-refractivity contribution is 5.96. The Morgan fingerprint density at radius 2 is 1.74 bits per heavy atom. The number of rotatable bonds is 6. The number of ether oxygens (including phenoxy) is 2. The van der Waals surface area contributed by atoms with Crippen molar-refractivity contribution in [2.24, 2.45) is 0 Å². The smallest absolute Gasteiger partial charge is 0.252 e. The number of carbonyl (C=O) groups is 2. The van der Waals surface area contributed by atoms with Gasteiger partial charge in [0, 0.05) is 17.3 Å². The van der Waals surface area contributed by atoms with Crippen LogP contribution in [0.5, 0.6) is 11.5 Å². The van der Waals surface area contributed by atoms with E-state index in [1.165, 1.54) is 0 Å². The number of fused-ring (bicyclic) bond motifs is 2. The van der Waals surface area contributed by atoms with Crippen LogP contribution in [-0.4, -0.2) is 34.6 Å². The van der Waals surface area contributed by atoms with E-state index in [0.29, 0.717) is 41.8 Å². The van der Waals surface area contributed by atoms with Crippen LogP contribution in [0.25, 0.3) is 11.0 Å². The van der Waals surface area contributed by atoms with E-state index in [2.05, 4.69) is 10.6 Å².